The van der Waals surface area contributed by atoms with Gasteiger partial charge in [-0.25, -0.2) is 0 Å². The summed E-state index contributed by atoms with van der Waals surface area (Å²) in [5.41, 5.74) is 6.31. The van der Waals surface area contributed by atoms with Gasteiger partial charge in [-0.2, -0.15) is 0 Å². The van der Waals surface area contributed by atoms with E-state index in [1.807, 2.05) is 20.2 Å². The number of rotatable bonds is 5. The summed E-state index contributed by atoms with van der Waals surface area (Å²) in [5, 5.41) is 0. The first-order chi connectivity index (χ1) is 7.50. The van der Waals surface area contributed by atoms with Crippen LogP contribution in [-0.2, 0) is 10.8 Å². The summed E-state index contributed by atoms with van der Waals surface area (Å²) in [5.74, 6) is 0.681. The zero-order valence-corrected chi connectivity index (χ0v) is 12.0. The van der Waals surface area contributed by atoms with Crippen LogP contribution < -0.4 is 5.73 Å². The van der Waals surface area contributed by atoms with Gasteiger partial charge in [0, 0.05) is 15.9 Å². The van der Waals surface area contributed by atoms with Crippen molar-refractivity contribution in [3.8, 4) is 0 Å². The van der Waals surface area contributed by atoms with Crippen LogP contribution >= 0.6 is 15.9 Å². The minimum Gasteiger partial charge on any atom is -0.399 e. The van der Waals surface area contributed by atoms with Crippen LogP contribution in [-0.4, -0.2) is 35.5 Å². The molecule has 0 amide bonds. The van der Waals surface area contributed by atoms with E-state index >= 15 is 0 Å². The molecule has 0 spiro atoms. The predicted molar refractivity (Wildman–Crippen MR) is 73.0 cm³/mol. The van der Waals surface area contributed by atoms with Gasteiger partial charge in [-0.3, -0.25) is 4.21 Å². The molecule has 90 valence electrons. The smallest absolute Gasteiger partial charge is 0.0541 e. The predicted octanol–water partition coefficient (Wildman–Crippen LogP) is 2.09. The molecule has 16 heavy (non-hydrogen) atoms. The van der Waals surface area contributed by atoms with Crippen LogP contribution in [0.3, 0.4) is 0 Å². The standard InChI is InChI=1S/C11H17BrN2OS/c1-14(2)6-3-7-16(15)11-5-4-9(13)8-10(11)12/h4-5,8H,3,6-7,13H2,1-2H3. The van der Waals surface area contributed by atoms with Crippen LogP contribution in [0.5, 0.6) is 0 Å². The summed E-state index contributed by atoms with van der Waals surface area (Å²) >= 11 is 3.39. The molecule has 5 heteroatoms. The molecule has 1 unspecified atom stereocenters. The van der Waals surface area contributed by atoms with E-state index < -0.39 is 10.8 Å². The lowest BCUT2D eigenvalue weighted by molar-refractivity contribution is 0.409. The molecule has 1 atom stereocenters. The highest BCUT2D eigenvalue weighted by Crippen LogP contribution is 2.23. The van der Waals surface area contributed by atoms with Crippen molar-refractivity contribution in [3.05, 3.63) is 22.7 Å². The first-order valence-corrected chi connectivity index (χ1v) is 7.20. The molecule has 0 radical (unpaired) electrons. The highest BCUT2D eigenvalue weighted by molar-refractivity contribution is 9.10. The molecule has 0 fully saturated rings. The maximum Gasteiger partial charge on any atom is 0.0541 e. The minimum absolute atomic E-state index is 0.681. The Morgan fingerprint density at radius 3 is 2.69 bits per heavy atom. The van der Waals surface area contributed by atoms with Crippen molar-refractivity contribution in [2.75, 3.05) is 32.1 Å². The molecule has 0 saturated heterocycles. The maximum atomic E-state index is 12.0. The summed E-state index contributed by atoms with van der Waals surface area (Å²) in [4.78, 5) is 2.92. The number of hydrogen-bond donors (Lipinski definition) is 1. The zero-order chi connectivity index (χ0) is 12.1. The first-order valence-electron chi connectivity index (χ1n) is 5.09. The van der Waals surface area contributed by atoms with Gasteiger partial charge in [-0.1, -0.05) is 0 Å². The molecular formula is C11H17BrN2OS. The second-order valence-corrected chi connectivity index (χ2v) is 6.29. The Morgan fingerprint density at radius 2 is 2.12 bits per heavy atom. The van der Waals surface area contributed by atoms with Crippen LogP contribution in [0.25, 0.3) is 0 Å². The fourth-order valence-electron chi connectivity index (χ4n) is 1.32. The van der Waals surface area contributed by atoms with E-state index in [4.69, 9.17) is 5.73 Å². The topological polar surface area (TPSA) is 46.3 Å². The SMILES string of the molecule is CN(C)CCCS(=O)c1ccc(N)cc1Br. The number of nitrogens with zero attached hydrogens (tertiary/aromatic N) is 1. The fraction of sp³-hybridized carbons (Fsp3) is 0.455. The number of nitrogens with two attached hydrogens (primary N) is 1. The summed E-state index contributed by atoms with van der Waals surface area (Å²) in [6.45, 7) is 0.957. The third kappa shape index (κ3) is 4.23. The highest BCUT2D eigenvalue weighted by atomic mass is 79.9. The van der Waals surface area contributed by atoms with Gasteiger partial charge >= 0.3 is 0 Å². The van der Waals surface area contributed by atoms with Crippen LogP contribution in [0, 0.1) is 0 Å². The number of benzene rings is 1. The lowest BCUT2D eigenvalue weighted by atomic mass is 10.3. The van der Waals surface area contributed by atoms with Gasteiger partial charge in [0.15, 0.2) is 0 Å². The second kappa shape index (κ2) is 6.37. The van der Waals surface area contributed by atoms with E-state index in [0.717, 1.165) is 22.3 Å². The van der Waals surface area contributed by atoms with Gasteiger partial charge in [0.1, 0.15) is 0 Å². The number of nitrogen functional groups attached to an aromatic ring is 1. The minimum atomic E-state index is -0.949. The van der Waals surface area contributed by atoms with E-state index in [-0.39, 0.29) is 0 Å². The highest BCUT2D eigenvalue weighted by Gasteiger charge is 2.08. The largest absolute Gasteiger partial charge is 0.399 e. The maximum absolute atomic E-state index is 12.0. The molecule has 3 nitrogen and oxygen atoms in total. The van der Waals surface area contributed by atoms with Crippen molar-refractivity contribution in [1.29, 1.82) is 0 Å². The molecule has 1 aromatic carbocycles. The lowest BCUT2D eigenvalue weighted by Crippen LogP contribution is -2.15. The number of halogens is 1. The Labute approximate surface area is 108 Å². The number of hydrogen-bond acceptors (Lipinski definition) is 3. The van der Waals surface area contributed by atoms with Gasteiger partial charge in [0.2, 0.25) is 0 Å². The number of anilines is 1. The third-order valence-electron chi connectivity index (χ3n) is 2.14. The quantitative estimate of drug-likeness (QED) is 0.847. The summed E-state index contributed by atoms with van der Waals surface area (Å²) in [6.07, 6.45) is 0.927. The van der Waals surface area contributed by atoms with Crippen LogP contribution in [0.2, 0.25) is 0 Å². The molecular weight excluding hydrogens is 288 g/mol. The molecule has 0 heterocycles. The van der Waals surface area contributed by atoms with Gasteiger partial charge in [-0.15, -0.1) is 0 Å². The van der Waals surface area contributed by atoms with E-state index in [0.29, 0.717) is 11.4 Å². The van der Waals surface area contributed by atoms with Crippen LogP contribution in [0.1, 0.15) is 6.42 Å². The third-order valence-corrected chi connectivity index (χ3v) is 4.56. The normalized spacial score (nSPS) is 13.0. The van der Waals surface area contributed by atoms with Gasteiger partial charge < -0.3 is 10.6 Å². The molecule has 2 N–H and O–H groups in total. The van der Waals surface area contributed by atoms with Crippen LogP contribution in [0.15, 0.2) is 27.6 Å². The molecule has 1 rings (SSSR count). The van der Waals surface area contributed by atoms with Gasteiger partial charge in [0.05, 0.1) is 15.7 Å². The first kappa shape index (κ1) is 13.7. The Hall–Kier alpha value is -0.390. The molecule has 0 aliphatic heterocycles. The molecule has 1 aromatic rings. The van der Waals surface area contributed by atoms with Gasteiger partial charge in [0.25, 0.3) is 0 Å². The Kier molecular flexibility index (Phi) is 5.44. The summed E-state index contributed by atoms with van der Waals surface area (Å²) in [6, 6.07) is 5.40. The van der Waals surface area contributed by atoms with E-state index in [1.165, 1.54) is 0 Å². The van der Waals surface area contributed by atoms with Crippen LogP contribution in [0.4, 0.5) is 5.69 Å². The van der Waals surface area contributed by atoms with E-state index in [9.17, 15) is 4.21 Å². The molecule has 0 aliphatic carbocycles. The molecule has 0 aromatic heterocycles. The Bertz CT molecular complexity index is 382. The van der Waals surface area contributed by atoms with Crippen molar-refractivity contribution in [2.24, 2.45) is 0 Å². The second-order valence-electron chi connectivity index (χ2n) is 3.90. The van der Waals surface area contributed by atoms with Crippen molar-refractivity contribution in [3.63, 3.8) is 0 Å². The van der Waals surface area contributed by atoms with Crippen molar-refractivity contribution in [2.45, 2.75) is 11.3 Å². The molecule has 0 bridgehead atoms. The average molecular weight is 305 g/mol. The van der Waals surface area contributed by atoms with Crippen molar-refractivity contribution < 1.29 is 4.21 Å². The Morgan fingerprint density at radius 1 is 1.44 bits per heavy atom. The van der Waals surface area contributed by atoms with Crippen molar-refractivity contribution in [1.82, 2.24) is 4.90 Å². The lowest BCUT2D eigenvalue weighted by Gasteiger charge is -2.09. The zero-order valence-electron chi connectivity index (χ0n) is 9.57. The van der Waals surface area contributed by atoms with E-state index in [1.54, 1.807) is 12.1 Å². The fourth-order valence-corrected chi connectivity index (χ4v) is 3.37. The van der Waals surface area contributed by atoms with Gasteiger partial charge in [-0.05, 0) is 61.2 Å². The van der Waals surface area contributed by atoms with Crippen molar-refractivity contribution >= 4 is 32.4 Å². The Balaban J connectivity index is 2.59. The van der Waals surface area contributed by atoms with E-state index in [2.05, 4.69) is 20.8 Å². The summed E-state index contributed by atoms with van der Waals surface area (Å²) < 4.78 is 12.8. The summed E-state index contributed by atoms with van der Waals surface area (Å²) in [7, 11) is 3.08. The molecule has 0 saturated carbocycles. The average Bonchev–Trinajstić information content (AvgIpc) is 2.16. The monoisotopic (exact) mass is 304 g/mol. The molecule has 0 aliphatic rings.